The van der Waals surface area contributed by atoms with Gasteiger partial charge in [-0.3, -0.25) is 0 Å². The molecule has 1 N–H and O–H groups in total. The molecule has 1 aliphatic carbocycles. The zero-order valence-corrected chi connectivity index (χ0v) is 12.2. The van der Waals surface area contributed by atoms with E-state index in [-0.39, 0.29) is 6.10 Å². The van der Waals surface area contributed by atoms with Crippen molar-refractivity contribution in [3.8, 4) is 0 Å². The molecule has 2 aliphatic rings. The SMILES string of the molecule is c1ccc2c(COC3COC3)c(CNC3CC3)sc2c1. The first-order valence-corrected chi connectivity index (χ1v) is 8.14. The van der Waals surface area contributed by atoms with E-state index < -0.39 is 0 Å². The Bertz CT molecular complexity index is 602. The summed E-state index contributed by atoms with van der Waals surface area (Å²) in [6.07, 6.45) is 2.95. The molecular weight excluding hydrogens is 270 g/mol. The summed E-state index contributed by atoms with van der Waals surface area (Å²) >= 11 is 1.90. The van der Waals surface area contributed by atoms with Crippen LogP contribution in [0.1, 0.15) is 23.3 Å². The van der Waals surface area contributed by atoms with E-state index in [0.717, 1.165) is 25.8 Å². The molecular formula is C16H19NO2S. The van der Waals surface area contributed by atoms with Crippen molar-refractivity contribution >= 4 is 21.4 Å². The second-order valence-corrected chi connectivity index (χ2v) is 6.76. The van der Waals surface area contributed by atoms with Crippen molar-refractivity contribution in [1.82, 2.24) is 5.32 Å². The summed E-state index contributed by atoms with van der Waals surface area (Å²) in [7, 11) is 0. The Kier molecular flexibility index (Phi) is 3.48. The minimum atomic E-state index is 0.290. The van der Waals surface area contributed by atoms with Crippen LogP contribution in [0, 0.1) is 0 Å². The first kappa shape index (κ1) is 12.8. The predicted octanol–water partition coefficient (Wildman–Crippen LogP) is 3.07. The van der Waals surface area contributed by atoms with Crippen LogP contribution in [0.5, 0.6) is 0 Å². The number of thiophene rings is 1. The van der Waals surface area contributed by atoms with Crippen molar-refractivity contribution in [2.24, 2.45) is 0 Å². The lowest BCUT2D eigenvalue weighted by Crippen LogP contribution is -2.35. The fraction of sp³-hybridized carbons (Fsp3) is 0.500. The maximum absolute atomic E-state index is 5.95. The smallest absolute Gasteiger partial charge is 0.105 e. The Morgan fingerprint density at radius 3 is 2.85 bits per heavy atom. The highest BCUT2D eigenvalue weighted by atomic mass is 32.1. The molecule has 0 atom stereocenters. The van der Waals surface area contributed by atoms with Gasteiger partial charge in [0.25, 0.3) is 0 Å². The molecule has 20 heavy (non-hydrogen) atoms. The van der Waals surface area contributed by atoms with Crippen LogP contribution in [0.15, 0.2) is 24.3 Å². The molecule has 0 spiro atoms. The van der Waals surface area contributed by atoms with Gasteiger partial charge in [0, 0.05) is 27.7 Å². The highest BCUT2D eigenvalue weighted by molar-refractivity contribution is 7.19. The topological polar surface area (TPSA) is 30.5 Å². The Hall–Kier alpha value is -0.940. The minimum absolute atomic E-state index is 0.290. The van der Waals surface area contributed by atoms with Crippen LogP contribution in [0.3, 0.4) is 0 Å². The van der Waals surface area contributed by atoms with E-state index in [1.54, 1.807) is 0 Å². The number of rotatable bonds is 6. The van der Waals surface area contributed by atoms with Crippen LogP contribution in [-0.2, 0) is 22.6 Å². The summed E-state index contributed by atoms with van der Waals surface area (Å²) in [6, 6.07) is 9.39. The van der Waals surface area contributed by atoms with Gasteiger partial charge in [-0.15, -0.1) is 11.3 Å². The highest BCUT2D eigenvalue weighted by Gasteiger charge is 2.23. The van der Waals surface area contributed by atoms with Gasteiger partial charge in [-0.05, 0) is 24.3 Å². The average Bonchev–Trinajstić information content (AvgIpc) is 3.17. The molecule has 2 fully saturated rings. The van der Waals surface area contributed by atoms with Gasteiger partial charge in [0.15, 0.2) is 0 Å². The number of ether oxygens (including phenoxy) is 2. The van der Waals surface area contributed by atoms with E-state index in [2.05, 4.69) is 29.6 Å². The van der Waals surface area contributed by atoms with E-state index in [4.69, 9.17) is 9.47 Å². The molecule has 4 heteroatoms. The summed E-state index contributed by atoms with van der Waals surface area (Å²) in [5, 5.41) is 4.97. The molecule has 0 bridgehead atoms. The Morgan fingerprint density at radius 1 is 1.25 bits per heavy atom. The van der Waals surface area contributed by atoms with Crippen LogP contribution in [0.25, 0.3) is 10.1 Å². The maximum Gasteiger partial charge on any atom is 0.105 e. The molecule has 1 aromatic carbocycles. The minimum Gasteiger partial charge on any atom is -0.376 e. The Morgan fingerprint density at radius 2 is 2.10 bits per heavy atom. The average molecular weight is 289 g/mol. The predicted molar refractivity (Wildman–Crippen MR) is 81.1 cm³/mol. The van der Waals surface area contributed by atoms with E-state index in [0.29, 0.717) is 6.61 Å². The lowest BCUT2D eigenvalue weighted by Gasteiger charge is -2.26. The third-order valence-corrected chi connectivity index (χ3v) is 5.19. The summed E-state index contributed by atoms with van der Waals surface area (Å²) in [6.45, 7) is 3.18. The summed E-state index contributed by atoms with van der Waals surface area (Å²) in [4.78, 5) is 1.43. The molecule has 0 unspecified atom stereocenters. The van der Waals surface area contributed by atoms with Crippen LogP contribution >= 0.6 is 11.3 Å². The van der Waals surface area contributed by atoms with Crippen LogP contribution < -0.4 is 5.32 Å². The number of fused-ring (bicyclic) bond motifs is 1. The number of hydrogen-bond acceptors (Lipinski definition) is 4. The van der Waals surface area contributed by atoms with Crippen LogP contribution in [0.4, 0.5) is 0 Å². The van der Waals surface area contributed by atoms with Gasteiger partial charge in [0.2, 0.25) is 0 Å². The van der Waals surface area contributed by atoms with Crippen molar-refractivity contribution < 1.29 is 9.47 Å². The summed E-state index contributed by atoms with van der Waals surface area (Å²) in [5.41, 5.74) is 1.37. The molecule has 0 radical (unpaired) electrons. The second kappa shape index (κ2) is 5.45. The lowest BCUT2D eigenvalue weighted by molar-refractivity contribution is -0.135. The first-order valence-electron chi connectivity index (χ1n) is 7.32. The van der Waals surface area contributed by atoms with Crippen molar-refractivity contribution in [2.45, 2.75) is 38.1 Å². The van der Waals surface area contributed by atoms with Gasteiger partial charge in [-0.1, -0.05) is 18.2 Å². The van der Waals surface area contributed by atoms with Gasteiger partial charge in [-0.2, -0.15) is 0 Å². The largest absolute Gasteiger partial charge is 0.376 e. The van der Waals surface area contributed by atoms with Gasteiger partial charge >= 0.3 is 0 Å². The Labute approximate surface area is 122 Å². The molecule has 3 nitrogen and oxygen atoms in total. The standard InChI is InChI=1S/C16H19NO2S/c1-2-4-15-13(3-1)14(10-19-12-8-18-9-12)16(20-15)7-17-11-5-6-11/h1-4,11-12,17H,5-10H2. The first-order chi connectivity index (χ1) is 9.90. The molecule has 4 rings (SSSR count). The fourth-order valence-electron chi connectivity index (χ4n) is 2.49. The molecule has 0 amide bonds. The number of hydrogen-bond donors (Lipinski definition) is 1. The fourth-order valence-corrected chi connectivity index (χ4v) is 3.65. The highest BCUT2D eigenvalue weighted by Crippen LogP contribution is 2.33. The summed E-state index contributed by atoms with van der Waals surface area (Å²) in [5.74, 6) is 0. The zero-order valence-electron chi connectivity index (χ0n) is 11.4. The molecule has 106 valence electrons. The molecule has 1 aliphatic heterocycles. The van der Waals surface area contributed by atoms with Gasteiger partial charge in [0.05, 0.1) is 19.8 Å². The summed E-state index contributed by atoms with van der Waals surface area (Å²) < 4.78 is 12.5. The van der Waals surface area contributed by atoms with Crippen LogP contribution in [0.2, 0.25) is 0 Å². The third kappa shape index (κ3) is 2.61. The Balaban J connectivity index is 1.56. The quantitative estimate of drug-likeness (QED) is 0.886. The number of nitrogens with one attached hydrogen (secondary N) is 1. The van der Waals surface area contributed by atoms with Crippen LogP contribution in [-0.4, -0.2) is 25.4 Å². The van der Waals surface area contributed by atoms with Crippen molar-refractivity contribution in [1.29, 1.82) is 0 Å². The van der Waals surface area contributed by atoms with E-state index in [1.165, 1.54) is 33.4 Å². The maximum atomic E-state index is 5.95. The van der Waals surface area contributed by atoms with Gasteiger partial charge in [0.1, 0.15) is 6.10 Å². The molecule has 2 heterocycles. The lowest BCUT2D eigenvalue weighted by atomic mass is 10.1. The third-order valence-electron chi connectivity index (χ3n) is 3.98. The van der Waals surface area contributed by atoms with Crippen molar-refractivity contribution in [3.63, 3.8) is 0 Å². The zero-order chi connectivity index (χ0) is 13.4. The van der Waals surface area contributed by atoms with Crippen molar-refractivity contribution in [2.75, 3.05) is 13.2 Å². The monoisotopic (exact) mass is 289 g/mol. The van der Waals surface area contributed by atoms with Crippen molar-refractivity contribution in [3.05, 3.63) is 34.7 Å². The van der Waals surface area contributed by atoms with E-state index in [9.17, 15) is 0 Å². The van der Waals surface area contributed by atoms with Gasteiger partial charge in [-0.25, -0.2) is 0 Å². The molecule has 1 aromatic heterocycles. The molecule has 1 saturated heterocycles. The normalized spacial score (nSPS) is 19.4. The van der Waals surface area contributed by atoms with Gasteiger partial charge < -0.3 is 14.8 Å². The van der Waals surface area contributed by atoms with E-state index >= 15 is 0 Å². The molecule has 1 saturated carbocycles. The molecule has 2 aromatic rings. The second-order valence-electron chi connectivity index (χ2n) is 5.63. The van der Waals surface area contributed by atoms with E-state index in [1.807, 2.05) is 11.3 Å². The number of benzene rings is 1.